The molecule has 0 fully saturated rings. The monoisotopic (exact) mass is 214 g/mol. The molecule has 0 amide bonds. The fourth-order valence-corrected chi connectivity index (χ4v) is 2.29. The second kappa shape index (κ2) is 3.63. The first kappa shape index (κ1) is 9.39. The van der Waals surface area contributed by atoms with Gasteiger partial charge < -0.3 is 9.88 Å². The molecule has 16 heavy (non-hydrogen) atoms. The third-order valence-corrected chi connectivity index (χ3v) is 3.13. The summed E-state index contributed by atoms with van der Waals surface area (Å²) in [4.78, 5) is 0. The third kappa shape index (κ3) is 1.30. The summed E-state index contributed by atoms with van der Waals surface area (Å²) in [6.45, 7) is 3.94. The number of nitrogens with one attached hydrogen (secondary N) is 1. The molecule has 0 radical (unpaired) electrons. The van der Waals surface area contributed by atoms with Crippen LogP contribution in [0.1, 0.15) is 24.2 Å². The molecule has 0 saturated carbocycles. The molecular formula is C12H14N4. The van der Waals surface area contributed by atoms with E-state index < -0.39 is 0 Å². The summed E-state index contributed by atoms with van der Waals surface area (Å²) in [6.07, 6.45) is 1.80. The van der Waals surface area contributed by atoms with Crippen molar-refractivity contribution in [2.45, 2.75) is 19.4 Å². The van der Waals surface area contributed by atoms with Crippen LogP contribution in [0.15, 0.2) is 30.6 Å². The first-order valence-corrected chi connectivity index (χ1v) is 5.60. The van der Waals surface area contributed by atoms with Crippen molar-refractivity contribution >= 4 is 5.69 Å². The van der Waals surface area contributed by atoms with E-state index in [1.807, 2.05) is 0 Å². The van der Waals surface area contributed by atoms with E-state index in [2.05, 4.69) is 51.3 Å². The molecule has 1 unspecified atom stereocenters. The Labute approximate surface area is 94.3 Å². The summed E-state index contributed by atoms with van der Waals surface area (Å²) >= 11 is 0. The lowest BCUT2D eigenvalue weighted by Gasteiger charge is -2.10. The number of rotatable bonds is 2. The van der Waals surface area contributed by atoms with Crippen LogP contribution in [0, 0.1) is 0 Å². The van der Waals surface area contributed by atoms with Crippen LogP contribution in [0.25, 0.3) is 0 Å². The van der Waals surface area contributed by atoms with Crippen LogP contribution < -0.4 is 5.32 Å². The average Bonchev–Trinajstić information content (AvgIpc) is 2.94. The summed E-state index contributed by atoms with van der Waals surface area (Å²) in [5, 5.41) is 11.6. The Kier molecular flexibility index (Phi) is 2.13. The van der Waals surface area contributed by atoms with Crippen molar-refractivity contribution in [2.75, 3.05) is 11.9 Å². The van der Waals surface area contributed by atoms with Crippen LogP contribution in [0.5, 0.6) is 0 Å². The van der Waals surface area contributed by atoms with Crippen molar-refractivity contribution in [3.8, 4) is 0 Å². The minimum absolute atomic E-state index is 0.332. The number of hydrogen-bond donors (Lipinski definition) is 1. The number of fused-ring (bicyclic) bond motifs is 1. The largest absolute Gasteiger partial charge is 0.384 e. The molecule has 2 heterocycles. The highest BCUT2D eigenvalue weighted by molar-refractivity contribution is 5.59. The summed E-state index contributed by atoms with van der Waals surface area (Å²) < 4.78 is 2.11. The highest BCUT2D eigenvalue weighted by Crippen LogP contribution is 2.34. The van der Waals surface area contributed by atoms with Crippen LogP contribution in [-0.2, 0) is 6.54 Å². The first-order chi connectivity index (χ1) is 7.90. The van der Waals surface area contributed by atoms with Gasteiger partial charge in [0.25, 0.3) is 0 Å². The summed E-state index contributed by atoms with van der Waals surface area (Å²) in [7, 11) is 0. The van der Waals surface area contributed by atoms with Crippen LogP contribution in [0.3, 0.4) is 0 Å². The average molecular weight is 214 g/mol. The minimum Gasteiger partial charge on any atom is -0.384 e. The Morgan fingerprint density at radius 2 is 2.31 bits per heavy atom. The Bertz CT molecular complexity index is 503. The van der Waals surface area contributed by atoms with Crippen molar-refractivity contribution in [1.29, 1.82) is 0 Å². The fraction of sp³-hybridized carbons (Fsp3) is 0.333. The zero-order chi connectivity index (χ0) is 11.0. The number of benzene rings is 1. The molecule has 4 nitrogen and oxygen atoms in total. The second-order valence-electron chi connectivity index (χ2n) is 4.00. The molecular weight excluding hydrogens is 200 g/mol. The predicted octanol–water partition coefficient (Wildman–Crippen LogP) is 1.86. The summed E-state index contributed by atoms with van der Waals surface area (Å²) in [5.74, 6) is 1.39. The standard InChI is InChI=1S/C12H14N4/c1-2-16-8-14-15-12(16)10-7-13-11-6-4-3-5-9(10)11/h3-6,8,10,13H,2,7H2,1H3. The molecule has 1 N–H and O–H groups in total. The number of nitrogens with zero attached hydrogens (tertiary/aromatic N) is 3. The highest BCUT2D eigenvalue weighted by Gasteiger charge is 2.26. The van der Waals surface area contributed by atoms with E-state index in [1.54, 1.807) is 6.33 Å². The van der Waals surface area contributed by atoms with E-state index in [-0.39, 0.29) is 0 Å². The van der Waals surface area contributed by atoms with Gasteiger partial charge in [0.1, 0.15) is 12.2 Å². The van der Waals surface area contributed by atoms with Crippen LogP contribution in [0.4, 0.5) is 5.69 Å². The number of hydrogen-bond acceptors (Lipinski definition) is 3. The normalized spacial score (nSPS) is 18.2. The van der Waals surface area contributed by atoms with Gasteiger partial charge in [-0.15, -0.1) is 10.2 Å². The molecule has 82 valence electrons. The van der Waals surface area contributed by atoms with Gasteiger partial charge in [0.05, 0.1) is 5.92 Å². The summed E-state index contributed by atoms with van der Waals surface area (Å²) in [6, 6.07) is 8.40. The fourth-order valence-electron chi connectivity index (χ4n) is 2.29. The maximum absolute atomic E-state index is 4.24. The second-order valence-corrected chi connectivity index (χ2v) is 4.00. The van der Waals surface area contributed by atoms with Crippen LogP contribution in [-0.4, -0.2) is 21.3 Å². The van der Waals surface area contributed by atoms with E-state index in [4.69, 9.17) is 0 Å². The molecule has 1 aromatic carbocycles. The minimum atomic E-state index is 0.332. The molecule has 0 spiro atoms. The van der Waals surface area contributed by atoms with Crippen LogP contribution in [0.2, 0.25) is 0 Å². The van der Waals surface area contributed by atoms with Crippen molar-refractivity contribution in [3.05, 3.63) is 42.0 Å². The summed E-state index contributed by atoms with van der Waals surface area (Å²) in [5.41, 5.74) is 2.54. The van der Waals surface area contributed by atoms with Gasteiger partial charge in [-0.2, -0.15) is 0 Å². The zero-order valence-corrected chi connectivity index (χ0v) is 9.22. The molecule has 1 aromatic heterocycles. The van der Waals surface area contributed by atoms with Crippen molar-refractivity contribution in [3.63, 3.8) is 0 Å². The molecule has 2 aromatic rings. The Hall–Kier alpha value is -1.84. The molecule has 0 saturated heterocycles. The maximum Gasteiger partial charge on any atom is 0.142 e. The SMILES string of the molecule is CCn1cnnc1C1CNc2ccccc21. The Morgan fingerprint density at radius 3 is 3.19 bits per heavy atom. The number of aryl methyl sites for hydroxylation is 1. The number of aromatic nitrogens is 3. The van der Waals surface area contributed by atoms with E-state index in [9.17, 15) is 0 Å². The molecule has 4 heteroatoms. The van der Waals surface area contributed by atoms with Crippen molar-refractivity contribution in [2.24, 2.45) is 0 Å². The van der Waals surface area contributed by atoms with Crippen molar-refractivity contribution in [1.82, 2.24) is 14.8 Å². The first-order valence-electron chi connectivity index (χ1n) is 5.60. The Morgan fingerprint density at radius 1 is 1.44 bits per heavy atom. The molecule has 0 bridgehead atoms. The third-order valence-electron chi connectivity index (χ3n) is 3.13. The molecule has 1 atom stereocenters. The van der Waals surface area contributed by atoms with Gasteiger partial charge >= 0.3 is 0 Å². The number of para-hydroxylation sites is 1. The van der Waals surface area contributed by atoms with E-state index in [0.717, 1.165) is 18.9 Å². The van der Waals surface area contributed by atoms with Gasteiger partial charge in [0.15, 0.2) is 0 Å². The Balaban J connectivity index is 2.04. The van der Waals surface area contributed by atoms with E-state index in [0.29, 0.717) is 5.92 Å². The van der Waals surface area contributed by atoms with Crippen molar-refractivity contribution < 1.29 is 0 Å². The van der Waals surface area contributed by atoms with Gasteiger partial charge in [-0.3, -0.25) is 0 Å². The number of anilines is 1. The van der Waals surface area contributed by atoms with Gasteiger partial charge in [-0.25, -0.2) is 0 Å². The van der Waals surface area contributed by atoms with Crippen LogP contribution >= 0.6 is 0 Å². The zero-order valence-electron chi connectivity index (χ0n) is 9.22. The van der Waals surface area contributed by atoms with E-state index >= 15 is 0 Å². The van der Waals surface area contributed by atoms with Gasteiger partial charge in [0.2, 0.25) is 0 Å². The van der Waals surface area contributed by atoms with E-state index in [1.165, 1.54) is 11.3 Å². The van der Waals surface area contributed by atoms with Gasteiger partial charge in [-0.1, -0.05) is 18.2 Å². The lowest BCUT2D eigenvalue weighted by atomic mass is 10.0. The topological polar surface area (TPSA) is 42.7 Å². The predicted molar refractivity (Wildman–Crippen MR) is 62.5 cm³/mol. The molecule has 0 aliphatic carbocycles. The molecule has 1 aliphatic heterocycles. The molecule has 3 rings (SSSR count). The lowest BCUT2D eigenvalue weighted by molar-refractivity contribution is 0.667. The molecule has 1 aliphatic rings. The maximum atomic E-state index is 4.24. The smallest absolute Gasteiger partial charge is 0.142 e. The lowest BCUT2D eigenvalue weighted by Crippen LogP contribution is -2.11. The van der Waals surface area contributed by atoms with Gasteiger partial charge in [0, 0.05) is 18.8 Å². The van der Waals surface area contributed by atoms with Gasteiger partial charge in [-0.05, 0) is 18.6 Å². The highest BCUT2D eigenvalue weighted by atomic mass is 15.3. The quantitative estimate of drug-likeness (QED) is 0.829.